The Hall–Kier alpha value is -2.19. The Morgan fingerprint density at radius 3 is 3.06 bits per heavy atom. The molecule has 92 valence electrons. The molecule has 0 radical (unpaired) electrons. The smallest absolute Gasteiger partial charge is 0.140 e. The number of pyridine rings is 1. The van der Waals surface area contributed by atoms with Gasteiger partial charge in [-0.25, -0.2) is 9.97 Å². The predicted molar refractivity (Wildman–Crippen MR) is 67.6 cm³/mol. The summed E-state index contributed by atoms with van der Waals surface area (Å²) in [6, 6.07) is 5.82. The van der Waals surface area contributed by atoms with Crippen molar-refractivity contribution in [3.8, 4) is 6.07 Å². The lowest BCUT2D eigenvalue weighted by molar-refractivity contribution is 0.723. The highest BCUT2D eigenvalue weighted by atomic mass is 15.0. The van der Waals surface area contributed by atoms with Crippen molar-refractivity contribution in [3.05, 3.63) is 47.8 Å². The molecule has 1 unspecified atom stereocenters. The molecular formula is C13H15N5. The van der Waals surface area contributed by atoms with Gasteiger partial charge in [0, 0.05) is 31.4 Å². The summed E-state index contributed by atoms with van der Waals surface area (Å²) in [6.07, 6.45) is 6.18. The van der Waals surface area contributed by atoms with Gasteiger partial charge in [0.05, 0.1) is 12.0 Å². The van der Waals surface area contributed by atoms with Gasteiger partial charge >= 0.3 is 0 Å². The van der Waals surface area contributed by atoms with Gasteiger partial charge in [0.2, 0.25) is 0 Å². The van der Waals surface area contributed by atoms with Crippen molar-refractivity contribution in [2.24, 2.45) is 5.73 Å². The van der Waals surface area contributed by atoms with Crippen LogP contribution in [0.1, 0.15) is 23.9 Å². The van der Waals surface area contributed by atoms with E-state index in [1.807, 2.05) is 29.8 Å². The standard InChI is InChI=1S/C13H15N5/c1-10(15)4-13-8-18(9-17-13)7-11-2-3-16-12(5-11)6-14/h2-3,5,8-10H,4,7,15H2,1H3. The molecule has 2 heterocycles. The average Bonchev–Trinajstić information content (AvgIpc) is 2.76. The summed E-state index contributed by atoms with van der Waals surface area (Å²) in [5, 5.41) is 8.79. The SMILES string of the molecule is CC(N)Cc1cn(Cc2ccnc(C#N)c2)cn1. The zero-order valence-corrected chi connectivity index (χ0v) is 10.2. The Bertz CT molecular complexity index is 565. The van der Waals surface area contributed by atoms with Crippen LogP contribution in [0.15, 0.2) is 30.9 Å². The number of imidazole rings is 1. The van der Waals surface area contributed by atoms with Gasteiger partial charge in [0.25, 0.3) is 0 Å². The highest BCUT2D eigenvalue weighted by Crippen LogP contribution is 2.06. The van der Waals surface area contributed by atoms with Crippen LogP contribution < -0.4 is 5.73 Å². The molecule has 2 N–H and O–H groups in total. The Kier molecular flexibility index (Phi) is 3.70. The van der Waals surface area contributed by atoms with Crippen molar-refractivity contribution < 1.29 is 0 Å². The quantitative estimate of drug-likeness (QED) is 0.868. The zero-order chi connectivity index (χ0) is 13.0. The molecule has 5 nitrogen and oxygen atoms in total. The maximum Gasteiger partial charge on any atom is 0.140 e. The van der Waals surface area contributed by atoms with Crippen molar-refractivity contribution in [2.75, 3.05) is 0 Å². The zero-order valence-electron chi connectivity index (χ0n) is 10.2. The first-order chi connectivity index (χ1) is 8.67. The number of hydrogen-bond donors (Lipinski definition) is 1. The minimum Gasteiger partial charge on any atom is -0.333 e. The van der Waals surface area contributed by atoms with Crippen LogP contribution in [0, 0.1) is 11.3 Å². The molecule has 0 amide bonds. The Labute approximate surface area is 106 Å². The number of rotatable bonds is 4. The third-order valence-corrected chi connectivity index (χ3v) is 2.52. The monoisotopic (exact) mass is 241 g/mol. The summed E-state index contributed by atoms with van der Waals surface area (Å²) >= 11 is 0. The van der Waals surface area contributed by atoms with Gasteiger partial charge in [0.1, 0.15) is 11.8 Å². The molecule has 0 aliphatic heterocycles. The van der Waals surface area contributed by atoms with Crippen LogP contribution >= 0.6 is 0 Å². The number of aromatic nitrogens is 3. The summed E-state index contributed by atoms with van der Waals surface area (Å²) in [7, 11) is 0. The van der Waals surface area contributed by atoms with Crippen LogP contribution in [0.2, 0.25) is 0 Å². The lowest BCUT2D eigenvalue weighted by atomic mass is 10.2. The fourth-order valence-electron chi connectivity index (χ4n) is 1.77. The second-order valence-corrected chi connectivity index (χ2v) is 4.38. The first-order valence-corrected chi connectivity index (χ1v) is 5.78. The minimum atomic E-state index is 0.111. The lowest BCUT2D eigenvalue weighted by Crippen LogP contribution is -2.17. The Morgan fingerprint density at radius 2 is 2.33 bits per heavy atom. The number of hydrogen-bond acceptors (Lipinski definition) is 4. The molecule has 0 aliphatic carbocycles. The van der Waals surface area contributed by atoms with E-state index in [1.165, 1.54) is 0 Å². The topological polar surface area (TPSA) is 80.5 Å². The highest BCUT2D eigenvalue weighted by molar-refractivity contribution is 5.25. The van der Waals surface area contributed by atoms with Crippen LogP contribution in [0.25, 0.3) is 0 Å². The molecule has 0 bridgehead atoms. The van der Waals surface area contributed by atoms with Gasteiger partial charge in [-0.3, -0.25) is 0 Å². The molecule has 0 fully saturated rings. The fraction of sp³-hybridized carbons (Fsp3) is 0.308. The van der Waals surface area contributed by atoms with Crippen molar-refractivity contribution in [1.82, 2.24) is 14.5 Å². The molecule has 2 rings (SSSR count). The van der Waals surface area contributed by atoms with Crippen LogP contribution in [-0.4, -0.2) is 20.6 Å². The first-order valence-electron chi connectivity index (χ1n) is 5.78. The lowest BCUT2D eigenvalue weighted by Gasteiger charge is -2.02. The molecule has 0 spiro atoms. The predicted octanol–water partition coefficient (Wildman–Crippen LogP) is 1.09. The first kappa shape index (κ1) is 12.3. The largest absolute Gasteiger partial charge is 0.333 e. The highest BCUT2D eigenvalue weighted by Gasteiger charge is 2.03. The molecule has 18 heavy (non-hydrogen) atoms. The van der Waals surface area contributed by atoms with E-state index in [1.54, 1.807) is 18.6 Å². The number of nitriles is 1. The molecule has 0 saturated carbocycles. The summed E-state index contributed by atoms with van der Waals surface area (Å²) in [5.41, 5.74) is 8.18. The van der Waals surface area contributed by atoms with Crippen LogP contribution in [0.4, 0.5) is 0 Å². The summed E-state index contributed by atoms with van der Waals surface area (Å²) < 4.78 is 1.98. The van der Waals surface area contributed by atoms with Gasteiger partial charge < -0.3 is 10.3 Å². The third kappa shape index (κ3) is 3.15. The normalized spacial score (nSPS) is 12.1. The van der Waals surface area contributed by atoms with E-state index in [0.717, 1.165) is 17.7 Å². The van der Waals surface area contributed by atoms with Crippen LogP contribution in [0.3, 0.4) is 0 Å². The average molecular weight is 241 g/mol. The molecule has 0 saturated heterocycles. The molecular weight excluding hydrogens is 226 g/mol. The van der Waals surface area contributed by atoms with Crippen LogP contribution in [-0.2, 0) is 13.0 Å². The van der Waals surface area contributed by atoms with E-state index >= 15 is 0 Å². The Balaban J connectivity index is 2.09. The van der Waals surface area contributed by atoms with Crippen molar-refractivity contribution in [2.45, 2.75) is 25.9 Å². The van der Waals surface area contributed by atoms with Gasteiger partial charge in [-0.1, -0.05) is 0 Å². The summed E-state index contributed by atoms with van der Waals surface area (Å²) in [4.78, 5) is 8.24. The van der Waals surface area contributed by atoms with Gasteiger partial charge in [-0.15, -0.1) is 0 Å². The van der Waals surface area contributed by atoms with E-state index in [4.69, 9.17) is 11.0 Å². The second kappa shape index (κ2) is 5.43. The molecule has 1 atom stereocenters. The van der Waals surface area contributed by atoms with E-state index < -0.39 is 0 Å². The molecule has 5 heteroatoms. The molecule has 0 aromatic carbocycles. The van der Waals surface area contributed by atoms with E-state index in [-0.39, 0.29) is 6.04 Å². The molecule has 2 aromatic rings. The number of nitrogens with zero attached hydrogens (tertiary/aromatic N) is 4. The Morgan fingerprint density at radius 1 is 1.50 bits per heavy atom. The van der Waals surface area contributed by atoms with E-state index in [9.17, 15) is 0 Å². The van der Waals surface area contributed by atoms with Gasteiger partial charge in [0.15, 0.2) is 0 Å². The second-order valence-electron chi connectivity index (χ2n) is 4.38. The molecule has 2 aromatic heterocycles. The van der Waals surface area contributed by atoms with E-state index in [2.05, 4.69) is 9.97 Å². The maximum atomic E-state index is 8.79. The summed E-state index contributed by atoms with van der Waals surface area (Å²) in [6.45, 7) is 2.64. The van der Waals surface area contributed by atoms with Crippen molar-refractivity contribution in [1.29, 1.82) is 5.26 Å². The summed E-state index contributed by atoms with van der Waals surface area (Å²) in [5.74, 6) is 0. The number of nitrogens with two attached hydrogens (primary N) is 1. The van der Waals surface area contributed by atoms with Crippen LogP contribution in [0.5, 0.6) is 0 Å². The molecule has 0 aliphatic rings. The third-order valence-electron chi connectivity index (χ3n) is 2.52. The van der Waals surface area contributed by atoms with Gasteiger partial charge in [-0.2, -0.15) is 5.26 Å². The van der Waals surface area contributed by atoms with Gasteiger partial charge in [-0.05, 0) is 24.6 Å². The van der Waals surface area contributed by atoms with Crippen molar-refractivity contribution >= 4 is 0 Å². The van der Waals surface area contributed by atoms with E-state index in [0.29, 0.717) is 12.2 Å². The van der Waals surface area contributed by atoms with Crippen molar-refractivity contribution in [3.63, 3.8) is 0 Å². The minimum absolute atomic E-state index is 0.111. The maximum absolute atomic E-state index is 8.79. The fourth-order valence-corrected chi connectivity index (χ4v) is 1.77.